The molecule has 0 aliphatic carbocycles. The Bertz CT molecular complexity index is 1010. The summed E-state index contributed by atoms with van der Waals surface area (Å²) < 4.78 is 43.2. The molecular formula is C19H19FN2O6S. The lowest BCUT2D eigenvalue weighted by molar-refractivity contribution is -0.384. The van der Waals surface area contributed by atoms with E-state index in [1.54, 1.807) is 6.07 Å². The number of hydrogen-bond acceptors (Lipinski definition) is 6. The number of amides is 1. The molecule has 1 saturated heterocycles. The Balaban J connectivity index is 1.73. The maximum atomic E-state index is 14.1. The Morgan fingerprint density at radius 2 is 1.90 bits per heavy atom. The first kappa shape index (κ1) is 20.7. The van der Waals surface area contributed by atoms with Crippen molar-refractivity contribution in [3.8, 4) is 5.75 Å². The van der Waals surface area contributed by atoms with Gasteiger partial charge in [0.25, 0.3) is 11.6 Å². The van der Waals surface area contributed by atoms with Crippen molar-refractivity contribution < 1.29 is 27.3 Å². The smallest absolute Gasteiger partial charge is 0.269 e. The van der Waals surface area contributed by atoms with Gasteiger partial charge in [-0.25, -0.2) is 12.8 Å². The molecule has 154 valence electrons. The van der Waals surface area contributed by atoms with Gasteiger partial charge in [0, 0.05) is 30.3 Å². The van der Waals surface area contributed by atoms with Crippen molar-refractivity contribution in [2.75, 3.05) is 18.1 Å². The molecule has 2 aromatic rings. The van der Waals surface area contributed by atoms with Crippen molar-refractivity contribution in [2.45, 2.75) is 19.0 Å². The minimum absolute atomic E-state index is 0.0259. The second-order valence-electron chi connectivity index (χ2n) is 6.71. The lowest BCUT2D eigenvalue weighted by Crippen LogP contribution is -2.43. The second-order valence-corrected chi connectivity index (χ2v) is 8.94. The number of ether oxygens (including phenoxy) is 1. The summed E-state index contributed by atoms with van der Waals surface area (Å²) in [4.78, 5) is 24.3. The zero-order valence-electron chi connectivity index (χ0n) is 15.4. The van der Waals surface area contributed by atoms with Gasteiger partial charge in [0.2, 0.25) is 0 Å². The molecule has 2 aromatic carbocycles. The molecule has 0 N–H and O–H groups in total. The third-order valence-corrected chi connectivity index (χ3v) is 6.43. The number of nitrogens with zero attached hydrogens (tertiary/aromatic N) is 2. The first-order valence-corrected chi connectivity index (χ1v) is 10.7. The Labute approximate surface area is 167 Å². The Morgan fingerprint density at radius 3 is 2.48 bits per heavy atom. The van der Waals surface area contributed by atoms with E-state index in [0.717, 1.165) is 0 Å². The van der Waals surface area contributed by atoms with E-state index in [1.807, 2.05) is 0 Å². The van der Waals surface area contributed by atoms with Crippen molar-refractivity contribution in [1.82, 2.24) is 4.90 Å². The molecule has 1 atom stereocenters. The predicted molar refractivity (Wildman–Crippen MR) is 103 cm³/mol. The van der Waals surface area contributed by atoms with Gasteiger partial charge in [-0.05, 0) is 24.6 Å². The lowest BCUT2D eigenvalue weighted by Gasteiger charge is -2.28. The van der Waals surface area contributed by atoms with E-state index in [9.17, 15) is 27.7 Å². The molecule has 0 saturated carbocycles. The van der Waals surface area contributed by atoms with Crippen LogP contribution < -0.4 is 4.74 Å². The summed E-state index contributed by atoms with van der Waals surface area (Å²) in [6.45, 7) is -0.474. The van der Waals surface area contributed by atoms with E-state index in [-0.39, 0.29) is 41.5 Å². The van der Waals surface area contributed by atoms with Gasteiger partial charge in [0.05, 0.1) is 16.4 Å². The van der Waals surface area contributed by atoms with Gasteiger partial charge >= 0.3 is 0 Å². The average molecular weight is 422 g/mol. The number of sulfone groups is 1. The van der Waals surface area contributed by atoms with E-state index < -0.39 is 39.1 Å². The number of nitro benzene ring substituents is 1. The van der Waals surface area contributed by atoms with Crippen molar-refractivity contribution >= 4 is 21.4 Å². The number of nitro groups is 1. The summed E-state index contributed by atoms with van der Waals surface area (Å²) in [5, 5.41) is 10.7. The van der Waals surface area contributed by atoms with E-state index >= 15 is 0 Å². The van der Waals surface area contributed by atoms with Crippen LogP contribution in [0.1, 0.15) is 12.0 Å². The van der Waals surface area contributed by atoms with Crippen LogP contribution in [-0.4, -0.2) is 48.3 Å². The third kappa shape index (κ3) is 5.29. The van der Waals surface area contributed by atoms with Crippen LogP contribution in [0.2, 0.25) is 0 Å². The normalized spacial score (nSPS) is 17.6. The van der Waals surface area contributed by atoms with Crippen LogP contribution in [0.4, 0.5) is 10.1 Å². The molecule has 0 radical (unpaired) electrons. The molecule has 1 heterocycles. The van der Waals surface area contributed by atoms with E-state index in [4.69, 9.17) is 4.74 Å². The fourth-order valence-electron chi connectivity index (χ4n) is 3.14. The Kier molecular flexibility index (Phi) is 6.12. The first-order valence-electron chi connectivity index (χ1n) is 8.86. The third-order valence-electron chi connectivity index (χ3n) is 4.68. The van der Waals surface area contributed by atoms with Gasteiger partial charge in [0.15, 0.2) is 16.4 Å². The van der Waals surface area contributed by atoms with Crippen molar-refractivity contribution in [1.29, 1.82) is 0 Å². The number of hydrogen-bond donors (Lipinski definition) is 0. The topological polar surface area (TPSA) is 107 Å². The minimum atomic E-state index is -3.25. The summed E-state index contributed by atoms with van der Waals surface area (Å²) in [6.07, 6.45) is 0.278. The van der Waals surface area contributed by atoms with E-state index in [2.05, 4.69) is 0 Å². The Morgan fingerprint density at radius 1 is 1.21 bits per heavy atom. The van der Waals surface area contributed by atoms with Gasteiger partial charge in [0.1, 0.15) is 11.6 Å². The lowest BCUT2D eigenvalue weighted by atomic mass is 10.1. The number of rotatable bonds is 7. The van der Waals surface area contributed by atoms with Crippen LogP contribution >= 0.6 is 0 Å². The fraction of sp³-hybridized carbons (Fsp3) is 0.316. The molecule has 0 aromatic heterocycles. The highest BCUT2D eigenvalue weighted by molar-refractivity contribution is 7.91. The molecular weight excluding hydrogens is 403 g/mol. The molecule has 29 heavy (non-hydrogen) atoms. The first-order chi connectivity index (χ1) is 13.7. The summed E-state index contributed by atoms with van der Waals surface area (Å²) in [6, 6.07) is 10.7. The number of benzene rings is 2. The maximum Gasteiger partial charge on any atom is 0.269 e. The van der Waals surface area contributed by atoms with Gasteiger partial charge in [-0.3, -0.25) is 14.9 Å². The van der Waals surface area contributed by atoms with Gasteiger partial charge in [-0.15, -0.1) is 0 Å². The quantitative estimate of drug-likeness (QED) is 0.501. The van der Waals surface area contributed by atoms with Crippen LogP contribution in [-0.2, 0) is 21.2 Å². The average Bonchev–Trinajstić information content (AvgIpc) is 3.05. The molecule has 1 fully saturated rings. The standard InChI is InChI=1S/C19H19FN2O6S/c20-18-4-2-1-3-14(18)11-21(16-9-10-29(26,27)13-16)19(23)12-28-17-7-5-15(6-8-17)22(24)25/h1-8,16H,9-13H2. The van der Waals surface area contributed by atoms with E-state index in [0.29, 0.717) is 0 Å². The highest BCUT2D eigenvalue weighted by Gasteiger charge is 2.35. The molecule has 1 aliphatic heterocycles. The van der Waals surface area contributed by atoms with E-state index in [1.165, 1.54) is 47.4 Å². The maximum absolute atomic E-state index is 14.1. The van der Waals surface area contributed by atoms with Crippen LogP contribution in [0.5, 0.6) is 5.75 Å². The van der Waals surface area contributed by atoms with Crippen LogP contribution in [0.3, 0.4) is 0 Å². The number of carbonyl (C=O) groups is 1. The number of non-ortho nitro benzene ring substituents is 1. The highest BCUT2D eigenvalue weighted by Crippen LogP contribution is 2.22. The predicted octanol–water partition coefficient (Wildman–Crippen LogP) is 2.33. The molecule has 3 rings (SSSR count). The molecule has 0 bridgehead atoms. The fourth-order valence-corrected chi connectivity index (χ4v) is 4.88. The second kappa shape index (κ2) is 8.56. The summed E-state index contributed by atoms with van der Waals surface area (Å²) in [7, 11) is -3.25. The SMILES string of the molecule is O=C(COc1ccc([N+](=O)[O-])cc1)N(Cc1ccccc1F)C1CCS(=O)(=O)C1. The summed E-state index contributed by atoms with van der Waals surface area (Å²) in [5.41, 5.74) is 0.168. The van der Waals surface area contributed by atoms with Gasteiger partial charge in [-0.1, -0.05) is 18.2 Å². The van der Waals surface area contributed by atoms with Crippen molar-refractivity contribution in [2.24, 2.45) is 0 Å². The van der Waals surface area contributed by atoms with Crippen LogP contribution in [0.15, 0.2) is 48.5 Å². The van der Waals surface area contributed by atoms with Crippen LogP contribution in [0.25, 0.3) is 0 Å². The molecule has 1 aliphatic rings. The largest absolute Gasteiger partial charge is 0.484 e. The molecule has 1 amide bonds. The summed E-state index contributed by atoms with van der Waals surface area (Å²) in [5.74, 6) is -0.919. The zero-order chi connectivity index (χ0) is 21.0. The molecule has 8 nitrogen and oxygen atoms in total. The molecule has 1 unspecified atom stereocenters. The number of carbonyl (C=O) groups excluding carboxylic acids is 1. The number of halogens is 1. The van der Waals surface area contributed by atoms with Crippen molar-refractivity contribution in [3.63, 3.8) is 0 Å². The molecule has 10 heteroatoms. The van der Waals surface area contributed by atoms with Crippen molar-refractivity contribution in [3.05, 3.63) is 70.0 Å². The van der Waals surface area contributed by atoms with Gasteiger partial charge in [-0.2, -0.15) is 0 Å². The van der Waals surface area contributed by atoms with Crippen LogP contribution in [0, 0.1) is 15.9 Å². The highest BCUT2D eigenvalue weighted by atomic mass is 32.2. The zero-order valence-corrected chi connectivity index (χ0v) is 16.2. The molecule has 0 spiro atoms. The minimum Gasteiger partial charge on any atom is -0.484 e. The monoisotopic (exact) mass is 422 g/mol. The Hall–Kier alpha value is -3.01. The van der Waals surface area contributed by atoms with Gasteiger partial charge < -0.3 is 9.64 Å². The summed E-state index contributed by atoms with van der Waals surface area (Å²) >= 11 is 0.